The molecular formula is C16H16F6N2O. The maximum atomic E-state index is 13.1. The minimum absolute atomic E-state index is 0.102. The van der Waals surface area contributed by atoms with Crippen LogP contribution in [0.4, 0.5) is 32.0 Å². The van der Waals surface area contributed by atoms with Crippen molar-refractivity contribution in [2.24, 2.45) is 4.99 Å². The number of allylic oxidation sites excluding steroid dienone is 2. The Balaban J connectivity index is 2.83. The summed E-state index contributed by atoms with van der Waals surface area (Å²) in [6.07, 6.45) is -11.2. The Hall–Kier alpha value is -2.19. The molecule has 1 heterocycles. The van der Waals surface area contributed by atoms with Crippen molar-refractivity contribution in [1.82, 2.24) is 0 Å². The van der Waals surface area contributed by atoms with Crippen LogP contribution in [0.5, 0.6) is 5.75 Å². The fraction of sp³-hybridized carbons (Fsp3) is 0.438. The van der Waals surface area contributed by atoms with E-state index in [9.17, 15) is 26.3 Å². The van der Waals surface area contributed by atoms with Gasteiger partial charge in [0.15, 0.2) is 5.57 Å². The molecule has 138 valence electrons. The van der Waals surface area contributed by atoms with Gasteiger partial charge in [-0.25, -0.2) is 0 Å². The van der Waals surface area contributed by atoms with Gasteiger partial charge >= 0.3 is 12.4 Å². The van der Waals surface area contributed by atoms with Crippen molar-refractivity contribution in [3.63, 3.8) is 0 Å². The first kappa shape index (κ1) is 19.1. The summed E-state index contributed by atoms with van der Waals surface area (Å²) in [7, 11) is 1.35. The summed E-state index contributed by atoms with van der Waals surface area (Å²) >= 11 is 0. The van der Waals surface area contributed by atoms with Crippen LogP contribution in [-0.2, 0) is 0 Å². The third-order valence-corrected chi connectivity index (χ3v) is 3.24. The average Bonchev–Trinajstić information content (AvgIpc) is 2.71. The summed E-state index contributed by atoms with van der Waals surface area (Å²) in [4.78, 5) is 4.10. The summed E-state index contributed by atoms with van der Waals surface area (Å²) in [6.45, 7) is 4.74. The summed E-state index contributed by atoms with van der Waals surface area (Å²) in [5, 5.41) is 2.22. The molecule has 1 aromatic carbocycles. The highest BCUT2D eigenvalue weighted by atomic mass is 19.4. The van der Waals surface area contributed by atoms with E-state index in [0.717, 1.165) is 0 Å². The van der Waals surface area contributed by atoms with Crippen LogP contribution in [-0.4, -0.2) is 30.7 Å². The Morgan fingerprint density at radius 2 is 1.56 bits per heavy atom. The third kappa shape index (κ3) is 4.08. The van der Waals surface area contributed by atoms with E-state index >= 15 is 0 Å². The topological polar surface area (TPSA) is 33.6 Å². The molecule has 1 aliphatic rings. The Morgan fingerprint density at radius 3 is 2.00 bits per heavy atom. The zero-order valence-electron chi connectivity index (χ0n) is 13.9. The molecular weight excluding hydrogens is 350 g/mol. The number of nitrogens with one attached hydrogen (secondary N) is 1. The largest absolute Gasteiger partial charge is 0.497 e. The van der Waals surface area contributed by atoms with Gasteiger partial charge < -0.3 is 10.1 Å². The molecule has 0 saturated heterocycles. The second-order valence-electron chi connectivity index (χ2n) is 6.41. The summed E-state index contributed by atoms with van der Waals surface area (Å²) in [5.74, 6) is 0.295. The number of hydrogen-bond acceptors (Lipinski definition) is 3. The van der Waals surface area contributed by atoms with Gasteiger partial charge in [-0.15, -0.1) is 0 Å². The fourth-order valence-corrected chi connectivity index (χ4v) is 2.36. The summed E-state index contributed by atoms with van der Waals surface area (Å²) in [6, 6.07) is 4.14. The van der Waals surface area contributed by atoms with Crippen LogP contribution in [0.1, 0.15) is 26.3 Å². The number of nitrogens with zero attached hydrogens (tertiary/aromatic N) is 1. The quantitative estimate of drug-likeness (QED) is 0.703. The number of rotatable bonds is 1. The minimum Gasteiger partial charge on any atom is -0.497 e. The van der Waals surface area contributed by atoms with Gasteiger partial charge in [-0.2, -0.15) is 26.3 Å². The highest BCUT2D eigenvalue weighted by molar-refractivity contribution is 6.22. The average molecular weight is 366 g/mol. The van der Waals surface area contributed by atoms with Gasteiger partial charge in [0.1, 0.15) is 5.75 Å². The summed E-state index contributed by atoms with van der Waals surface area (Å²) in [5.41, 5.74) is -4.78. The molecule has 1 aromatic rings. The van der Waals surface area contributed by atoms with Crippen LogP contribution in [0.15, 0.2) is 34.5 Å². The van der Waals surface area contributed by atoms with Crippen LogP contribution in [0.3, 0.4) is 0 Å². The molecule has 25 heavy (non-hydrogen) atoms. The molecule has 0 radical (unpaired) electrons. The highest BCUT2D eigenvalue weighted by Gasteiger charge is 2.55. The molecule has 0 amide bonds. The molecule has 0 bridgehead atoms. The number of ether oxygens (including phenoxy) is 1. The van der Waals surface area contributed by atoms with E-state index in [0.29, 0.717) is 5.75 Å². The highest BCUT2D eigenvalue weighted by Crippen LogP contribution is 2.44. The van der Waals surface area contributed by atoms with Crippen molar-refractivity contribution in [3.05, 3.63) is 35.0 Å². The Labute approximate surface area is 140 Å². The fourth-order valence-electron chi connectivity index (χ4n) is 2.36. The van der Waals surface area contributed by atoms with E-state index in [-0.39, 0.29) is 11.3 Å². The maximum Gasteiger partial charge on any atom is 0.423 e. The molecule has 0 fully saturated rings. The second-order valence-corrected chi connectivity index (χ2v) is 6.41. The van der Waals surface area contributed by atoms with Gasteiger partial charge in [-0.3, -0.25) is 4.99 Å². The van der Waals surface area contributed by atoms with Crippen LogP contribution in [0.2, 0.25) is 0 Å². The molecule has 3 nitrogen and oxygen atoms in total. The molecule has 0 unspecified atom stereocenters. The van der Waals surface area contributed by atoms with Gasteiger partial charge in [0, 0.05) is 11.3 Å². The summed E-state index contributed by atoms with van der Waals surface area (Å²) < 4.78 is 83.9. The number of aliphatic imine (C=N–C) groups is 1. The van der Waals surface area contributed by atoms with E-state index in [2.05, 4.69) is 10.3 Å². The number of methoxy groups -OCH3 is 1. The van der Waals surface area contributed by atoms with Gasteiger partial charge in [-0.05, 0) is 39.0 Å². The Morgan fingerprint density at radius 1 is 1.00 bits per heavy atom. The van der Waals surface area contributed by atoms with E-state index in [4.69, 9.17) is 4.74 Å². The van der Waals surface area contributed by atoms with Crippen molar-refractivity contribution >= 4 is 11.4 Å². The first-order chi connectivity index (χ1) is 11.2. The molecule has 0 aliphatic carbocycles. The number of benzene rings is 1. The number of alkyl halides is 6. The molecule has 0 spiro atoms. The van der Waals surface area contributed by atoms with Crippen molar-refractivity contribution < 1.29 is 31.1 Å². The SMILES string of the molecule is COc1ccc2c(c1)C(=NC(C)(C)C)C(=C(C(F)(F)F)C(F)(F)F)N2. The lowest BCUT2D eigenvalue weighted by Crippen LogP contribution is -2.31. The van der Waals surface area contributed by atoms with Gasteiger partial charge in [0.05, 0.1) is 24.1 Å². The minimum atomic E-state index is -5.59. The lowest BCUT2D eigenvalue weighted by atomic mass is 10.0. The van der Waals surface area contributed by atoms with Gasteiger partial charge in [0.2, 0.25) is 0 Å². The molecule has 0 atom stereocenters. The molecule has 2 rings (SSSR count). The first-order valence-corrected chi connectivity index (χ1v) is 7.18. The van der Waals surface area contributed by atoms with Crippen molar-refractivity contribution in [1.29, 1.82) is 0 Å². The van der Waals surface area contributed by atoms with Gasteiger partial charge in [-0.1, -0.05) is 0 Å². The molecule has 9 heteroatoms. The predicted octanol–water partition coefficient (Wildman–Crippen LogP) is 5.09. The van der Waals surface area contributed by atoms with E-state index in [1.54, 1.807) is 20.8 Å². The van der Waals surface area contributed by atoms with Gasteiger partial charge in [0.25, 0.3) is 0 Å². The second kappa shape index (κ2) is 5.96. The van der Waals surface area contributed by atoms with E-state index in [1.807, 2.05) is 0 Å². The van der Waals surface area contributed by atoms with Crippen LogP contribution in [0.25, 0.3) is 0 Å². The normalized spacial score (nSPS) is 16.7. The molecule has 0 saturated carbocycles. The molecule has 1 aliphatic heterocycles. The van der Waals surface area contributed by atoms with Crippen LogP contribution in [0, 0.1) is 0 Å². The van der Waals surface area contributed by atoms with Crippen molar-refractivity contribution in [2.45, 2.75) is 38.7 Å². The standard InChI is InChI=1S/C16H16F6N2O/c1-14(2,3)24-11-9-7-8(25-4)5-6-10(9)23-12(11)13(15(17,18)19)16(20,21)22/h5-7,23H,1-4H3. The Kier molecular flexibility index (Phi) is 4.56. The number of halogens is 6. The Bertz CT molecular complexity index is 722. The van der Waals surface area contributed by atoms with Crippen LogP contribution >= 0.6 is 0 Å². The number of fused-ring (bicyclic) bond motifs is 1. The predicted molar refractivity (Wildman–Crippen MR) is 82.0 cm³/mol. The third-order valence-electron chi connectivity index (χ3n) is 3.24. The van der Waals surface area contributed by atoms with E-state index < -0.39 is 34.9 Å². The molecule has 0 aromatic heterocycles. The smallest absolute Gasteiger partial charge is 0.423 e. The zero-order chi connectivity index (χ0) is 19.2. The van der Waals surface area contributed by atoms with Crippen molar-refractivity contribution in [3.8, 4) is 5.75 Å². The number of anilines is 1. The first-order valence-electron chi connectivity index (χ1n) is 7.18. The molecule has 1 N–H and O–H groups in total. The maximum absolute atomic E-state index is 13.1. The van der Waals surface area contributed by atoms with Crippen LogP contribution < -0.4 is 10.1 Å². The lowest BCUT2D eigenvalue weighted by Gasteiger charge is -2.20. The van der Waals surface area contributed by atoms with Crippen molar-refractivity contribution in [2.75, 3.05) is 12.4 Å². The van der Waals surface area contributed by atoms with E-state index in [1.165, 1.54) is 25.3 Å². The lowest BCUT2D eigenvalue weighted by molar-refractivity contribution is -0.172. The zero-order valence-corrected chi connectivity index (χ0v) is 13.9. The monoisotopic (exact) mass is 366 g/mol. The number of hydrogen-bond donors (Lipinski definition) is 1.